The summed E-state index contributed by atoms with van der Waals surface area (Å²) in [5.41, 5.74) is 6.18. The summed E-state index contributed by atoms with van der Waals surface area (Å²) in [5, 5.41) is 0. The second-order valence-electron chi connectivity index (χ2n) is 4.42. The van der Waals surface area contributed by atoms with Crippen molar-refractivity contribution in [3.8, 4) is 0 Å². The Hall–Kier alpha value is -0.760. The van der Waals surface area contributed by atoms with Gasteiger partial charge in [0.25, 0.3) is 0 Å². The lowest BCUT2D eigenvalue weighted by Gasteiger charge is -2.30. The Morgan fingerprint density at radius 3 is 2.67 bits per heavy atom. The second-order valence-corrected chi connectivity index (χ2v) is 4.42. The molecule has 0 spiro atoms. The molecule has 1 unspecified atom stereocenters. The number of furan rings is 1. The Morgan fingerprint density at radius 1 is 1.40 bits per heavy atom. The monoisotopic (exact) mass is 209 g/mol. The topological polar surface area (TPSA) is 39.2 Å². The van der Waals surface area contributed by atoms with Crippen LogP contribution in [0.25, 0.3) is 0 Å². The maximum atomic E-state index is 5.93. The van der Waals surface area contributed by atoms with E-state index >= 15 is 0 Å². The molecule has 1 rings (SSSR count). The van der Waals surface area contributed by atoms with Crippen LogP contribution in [0.4, 0.5) is 0 Å². The first-order valence-electron chi connectivity index (χ1n) is 5.99. The molecule has 1 heterocycles. The molecule has 2 heteroatoms. The van der Waals surface area contributed by atoms with Gasteiger partial charge in [0.05, 0.1) is 6.26 Å². The van der Waals surface area contributed by atoms with E-state index in [4.69, 9.17) is 10.2 Å². The van der Waals surface area contributed by atoms with E-state index < -0.39 is 0 Å². The molecule has 0 saturated carbocycles. The van der Waals surface area contributed by atoms with E-state index in [1.807, 2.05) is 12.1 Å². The molecule has 2 nitrogen and oxygen atoms in total. The van der Waals surface area contributed by atoms with Crippen LogP contribution in [0, 0.1) is 5.41 Å². The molecule has 0 saturated heterocycles. The summed E-state index contributed by atoms with van der Waals surface area (Å²) >= 11 is 0. The Morgan fingerprint density at radius 2 is 2.20 bits per heavy atom. The predicted molar refractivity (Wildman–Crippen MR) is 63.7 cm³/mol. The molecule has 0 aliphatic carbocycles. The van der Waals surface area contributed by atoms with Crippen LogP contribution in [0.5, 0.6) is 0 Å². The lowest BCUT2D eigenvalue weighted by Crippen LogP contribution is -2.32. The maximum absolute atomic E-state index is 5.93. The lowest BCUT2D eigenvalue weighted by atomic mass is 9.77. The minimum absolute atomic E-state index is 0.244. The van der Waals surface area contributed by atoms with E-state index in [-0.39, 0.29) is 5.41 Å². The van der Waals surface area contributed by atoms with Crippen molar-refractivity contribution in [2.45, 2.75) is 46.0 Å². The van der Waals surface area contributed by atoms with Gasteiger partial charge < -0.3 is 10.2 Å². The summed E-state index contributed by atoms with van der Waals surface area (Å²) in [6.45, 7) is 5.21. The van der Waals surface area contributed by atoms with Crippen LogP contribution < -0.4 is 5.73 Å². The summed E-state index contributed by atoms with van der Waals surface area (Å²) in [5.74, 6) is 1.07. The van der Waals surface area contributed by atoms with E-state index in [0.29, 0.717) is 0 Å². The highest BCUT2D eigenvalue weighted by atomic mass is 16.3. The summed E-state index contributed by atoms with van der Waals surface area (Å²) in [7, 11) is 0. The number of rotatable bonds is 7. The van der Waals surface area contributed by atoms with Gasteiger partial charge in [0, 0.05) is 6.42 Å². The third-order valence-electron chi connectivity index (χ3n) is 3.37. The van der Waals surface area contributed by atoms with E-state index in [9.17, 15) is 0 Å². The highest BCUT2D eigenvalue weighted by Crippen LogP contribution is 2.32. The van der Waals surface area contributed by atoms with Crippen LogP contribution in [0.3, 0.4) is 0 Å². The van der Waals surface area contributed by atoms with E-state index in [2.05, 4.69) is 13.8 Å². The highest BCUT2D eigenvalue weighted by molar-refractivity contribution is 5.02. The largest absolute Gasteiger partial charge is 0.469 e. The molecule has 0 radical (unpaired) electrons. The van der Waals surface area contributed by atoms with Gasteiger partial charge in [-0.1, -0.05) is 26.7 Å². The molecule has 0 aliphatic heterocycles. The summed E-state index contributed by atoms with van der Waals surface area (Å²) < 4.78 is 5.42. The molecule has 0 fully saturated rings. The zero-order valence-electron chi connectivity index (χ0n) is 9.96. The fourth-order valence-electron chi connectivity index (χ4n) is 2.04. The fourth-order valence-corrected chi connectivity index (χ4v) is 2.04. The van der Waals surface area contributed by atoms with Crippen molar-refractivity contribution in [1.29, 1.82) is 0 Å². The fraction of sp³-hybridized carbons (Fsp3) is 0.692. The molecule has 2 N–H and O–H groups in total. The minimum atomic E-state index is 0.244. The molecule has 0 aromatic carbocycles. The first kappa shape index (κ1) is 12.3. The number of nitrogens with two attached hydrogens (primary N) is 1. The normalized spacial score (nSPS) is 15.1. The van der Waals surface area contributed by atoms with Crippen LogP contribution in [-0.4, -0.2) is 6.54 Å². The van der Waals surface area contributed by atoms with Crippen molar-refractivity contribution in [2.24, 2.45) is 11.1 Å². The molecule has 0 bridgehead atoms. The molecule has 86 valence electrons. The molecule has 15 heavy (non-hydrogen) atoms. The van der Waals surface area contributed by atoms with Gasteiger partial charge in [-0.3, -0.25) is 0 Å². The molecule has 1 aromatic heterocycles. The zero-order valence-corrected chi connectivity index (χ0v) is 9.96. The zero-order chi connectivity index (χ0) is 11.1. The van der Waals surface area contributed by atoms with Crippen molar-refractivity contribution >= 4 is 0 Å². The quantitative estimate of drug-likeness (QED) is 0.747. The average molecular weight is 209 g/mol. The molecular formula is C13H23NO. The summed E-state index contributed by atoms with van der Waals surface area (Å²) in [6, 6.07) is 4.00. The molecule has 0 amide bonds. The van der Waals surface area contributed by atoms with Gasteiger partial charge in [0.2, 0.25) is 0 Å². The third-order valence-corrected chi connectivity index (χ3v) is 3.37. The van der Waals surface area contributed by atoms with Crippen molar-refractivity contribution in [1.82, 2.24) is 0 Å². The van der Waals surface area contributed by atoms with Gasteiger partial charge in [-0.15, -0.1) is 0 Å². The van der Waals surface area contributed by atoms with Gasteiger partial charge >= 0.3 is 0 Å². The first-order valence-corrected chi connectivity index (χ1v) is 5.99. The maximum Gasteiger partial charge on any atom is 0.104 e. The van der Waals surface area contributed by atoms with Crippen LogP contribution in [-0.2, 0) is 6.42 Å². The van der Waals surface area contributed by atoms with E-state index in [0.717, 1.165) is 25.1 Å². The standard InChI is InChI=1S/C13H23NO/c1-3-5-8-13(4-2,11-14)10-12-7-6-9-15-12/h6-7,9H,3-5,8,10-11,14H2,1-2H3. The first-order chi connectivity index (χ1) is 7.26. The summed E-state index contributed by atoms with van der Waals surface area (Å²) in [6.07, 6.45) is 7.55. The number of hydrogen-bond donors (Lipinski definition) is 1. The van der Waals surface area contributed by atoms with Gasteiger partial charge in [0.1, 0.15) is 5.76 Å². The SMILES string of the molecule is CCCCC(CC)(CN)Cc1ccco1. The Kier molecular flexibility index (Phi) is 4.89. The van der Waals surface area contributed by atoms with E-state index in [1.165, 1.54) is 19.3 Å². The van der Waals surface area contributed by atoms with Gasteiger partial charge in [0.15, 0.2) is 0 Å². The Balaban J connectivity index is 2.63. The van der Waals surface area contributed by atoms with Gasteiger partial charge in [-0.2, -0.15) is 0 Å². The number of unbranched alkanes of at least 4 members (excludes halogenated alkanes) is 1. The van der Waals surface area contributed by atoms with Crippen molar-refractivity contribution in [3.63, 3.8) is 0 Å². The predicted octanol–water partition coefficient (Wildman–Crippen LogP) is 3.37. The highest BCUT2D eigenvalue weighted by Gasteiger charge is 2.27. The molecular weight excluding hydrogens is 186 g/mol. The molecule has 1 atom stereocenters. The molecule has 0 aliphatic rings. The second kappa shape index (κ2) is 5.96. The van der Waals surface area contributed by atoms with Crippen molar-refractivity contribution in [2.75, 3.05) is 6.54 Å². The smallest absolute Gasteiger partial charge is 0.104 e. The van der Waals surface area contributed by atoms with Crippen molar-refractivity contribution < 1.29 is 4.42 Å². The van der Waals surface area contributed by atoms with E-state index in [1.54, 1.807) is 6.26 Å². The average Bonchev–Trinajstić information content (AvgIpc) is 2.77. The van der Waals surface area contributed by atoms with Gasteiger partial charge in [-0.05, 0) is 36.9 Å². The van der Waals surface area contributed by atoms with Crippen LogP contribution in [0.15, 0.2) is 22.8 Å². The van der Waals surface area contributed by atoms with Crippen LogP contribution >= 0.6 is 0 Å². The van der Waals surface area contributed by atoms with Crippen LogP contribution in [0.1, 0.15) is 45.3 Å². The van der Waals surface area contributed by atoms with Crippen molar-refractivity contribution in [3.05, 3.63) is 24.2 Å². The number of hydrogen-bond acceptors (Lipinski definition) is 2. The summed E-state index contributed by atoms with van der Waals surface area (Å²) in [4.78, 5) is 0. The lowest BCUT2D eigenvalue weighted by molar-refractivity contribution is 0.234. The Bertz CT molecular complexity index is 250. The van der Waals surface area contributed by atoms with Crippen LogP contribution in [0.2, 0.25) is 0 Å². The Labute approximate surface area is 92.9 Å². The van der Waals surface area contributed by atoms with Gasteiger partial charge in [-0.25, -0.2) is 0 Å². The minimum Gasteiger partial charge on any atom is -0.469 e. The third kappa shape index (κ3) is 3.38. The molecule has 1 aromatic rings.